The van der Waals surface area contributed by atoms with Gasteiger partial charge in [0.1, 0.15) is 48.8 Å². The van der Waals surface area contributed by atoms with Crippen molar-refractivity contribution >= 4 is 39.7 Å². The maximum atomic E-state index is 14.9. The third-order valence-electron chi connectivity index (χ3n) is 11.6. The maximum Gasteiger partial charge on any atom is 0.274 e. The number of benzene rings is 3. The normalized spacial score (nSPS) is 16.7. The zero-order valence-electron chi connectivity index (χ0n) is 40.3. The Hall–Kier alpha value is -7.03. The Morgan fingerprint density at radius 1 is 0.986 bits per heavy atom. The van der Waals surface area contributed by atoms with Crippen LogP contribution in [0.1, 0.15) is 84.2 Å². The van der Waals surface area contributed by atoms with E-state index in [0.29, 0.717) is 34.5 Å². The molecule has 0 saturated heterocycles. The summed E-state index contributed by atoms with van der Waals surface area (Å²) in [4.78, 5) is 81.3. The van der Waals surface area contributed by atoms with Crippen molar-refractivity contribution in [3.05, 3.63) is 93.8 Å². The third-order valence-corrected chi connectivity index (χ3v) is 12.2. The van der Waals surface area contributed by atoms with Gasteiger partial charge in [-0.1, -0.05) is 51.1 Å². The van der Waals surface area contributed by atoms with Crippen LogP contribution in [-0.2, 0) is 47.6 Å². The second-order valence-corrected chi connectivity index (χ2v) is 19.4. The smallest absolute Gasteiger partial charge is 0.274 e. The van der Waals surface area contributed by atoms with Gasteiger partial charge in [-0.05, 0) is 92.1 Å². The first kappa shape index (κ1) is 53.9. The van der Waals surface area contributed by atoms with E-state index < -0.39 is 70.5 Å². The van der Waals surface area contributed by atoms with Crippen molar-refractivity contribution in [1.82, 2.24) is 40.9 Å². The van der Waals surface area contributed by atoms with Gasteiger partial charge < -0.3 is 47.5 Å². The number of aromatic hydroxyl groups is 1. The molecule has 2 heterocycles. The summed E-state index contributed by atoms with van der Waals surface area (Å²) in [6.07, 6.45) is 0.497. The molecule has 1 aromatic heterocycles. The lowest BCUT2D eigenvalue weighted by Gasteiger charge is -2.33. The Kier molecular flexibility index (Phi) is 17.8. The Morgan fingerprint density at radius 3 is 2.26 bits per heavy atom. The molecule has 5 rings (SSSR count). The van der Waals surface area contributed by atoms with E-state index in [4.69, 9.17) is 21.3 Å². The van der Waals surface area contributed by atoms with Crippen molar-refractivity contribution < 1.29 is 42.2 Å². The summed E-state index contributed by atoms with van der Waals surface area (Å²) in [5.41, 5.74) is 15.3. The standard InChI is InChI=1S/C48H62N12O9S/c1-26-39(27(2)56-42(55-26)30-11-13-33(14-12-30)48(4,5)6)45(64)59-37(25-54-70(52,67)68)47(66)60(7)40-32-23-31(9-8-16-49)41(61)35(24-32)34-21-29(10-15-38(34)69-20-18-51)22-36(44(63)53-19-17-50)58-43(62)28(3)57-46(40)65/h10-15,21,23-24,28,36-37,40,54,61H,8-9,16,18-20,22,25,49,51H2,1-7H3,(H,53,63)(H,57,65)(H,58,62)(H,59,64)(H2,52,67,68)/t28-,36-,37?,40-/m0/s1. The van der Waals surface area contributed by atoms with Crippen molar-refractivity contribution in [1.29, 1.82) is 5.26 Å². The fraction of sp³-hybridized carbons (Fsp3) is 0.417. The summed E-state index contributed by atoms with van der Waals surface area (Å²) >= 11 is 0. The van der Waals surface area contributed by atoms with E-state index >= 15 is 0 Å². The van der Waals surface area contributed by atoms with E-state index in [1.54, 1.807) is 32.0 Å². The number of phenols is 1. The highest BCUT2D eigenvalue weighted by Crippen LogP contribution is 2.42. The molecular weight excluding hydrogens is 921 g/mol. The second-order valence-electron chi connectivity index (χ2n) is 18.0. The molecule has 4 bridgehead atoms. The Morgan fingerprint density at radius 2 is 1.66 bits per heavy atom. The van der Waals surface area contributed by atoms with Gasteiger partial charge in [-0.2, -0.15) is 18.4 Å². The van der Waals surface area contributed by atoms with Crippen LogP contribution < -0.4 is 47.3 Å². The van der Waals surface area contributed by atoms with Gasteiger partial charge in [0, 0.05) is 43.2 Å². The molecule has 0 saturated carbocycles. The van der Waals surface area contributed by atoms with E-state index in [0.717, 1.165) is 10.5 Å². The number of hydrogen-bond donors (Lipinski definition) is 9. The second kappa shape index (κ2) is 23.1. The minimum atomic E-state index is -4.46. The summed E-state index contributed by atoms with van der Waals surface area (Å²) in [6, 6.07) is 11.4. The maximum absolute atomic E-state index is 14.9. The van der Waals surface area contributed by atoms with Gasteiger partial charge in [0.15, 0.2) is 5.82 Å². The van der Waals surface area contributed by atoms with E-state index in [-0.39, 0.29) is 84.1 Å². The van der Waals surface area contributed by atoms with Crippen molar-refractivity contribution in [2.24, 2.45) is 16.6 Å². The van der Waals surface area contributed by atoms with Crippen LogP contribution >= 0.6 is 0 Å². The van der Waals surface area contributed by atoms with Crippen LogP contribution in [0.15, 0.2) is 54.6 Å². The predicted octanol–water partition coefficient (Wildman–Crippen LogP) is 0.936. The molecule has 4 aromatic rings. The average molecular weight is 983 g/mol. The Balaban J connectivity index is 1.64. The van der Waals surface area contributed by atoms with Gasteiger partial charge in [0.2, 0.25) is 23.6 Å². The molecule has 4 atom stereocenters. The molecule has 0 fully saturated rings. The molecule has 1 aliphatic heterocycles. The first-order valence-electron chi connectivity index (χ1n) is 22.6. The topological polar surface area (TPSA) is 340 Å². The van der Waals surface area contributed by atoms with Gasteiger partial charge >= 0.3 is 0 Å². The van der Waals surface area contributed by atoms with Crippen LogP contribution in [-0.4, -0.2) is 116 Å². The first-order valence-corrected chi connectivity index (χ1v) is 24.1. The number of ether oxygens (including phenoxy) is 1. The molecular formula is C48H62N12O9S. The van der Waals surface area contributed by atoms with E-state index in [2.05, 4.69) is 56.7 Å². The predicted molar refractivity (Wildman–Crippen MR) is 261 cm³/mol. The fourth-order valence-corrected chi connectivity index (χ4v) is 8.37. The number of fused-ring (bicyclic) bond motifs is 5. The molecule has 1 unspecified atom stereocenters. The van der Waals surface area contributed by atoms with Crippen LogP contribution in [0.25, 0.3) is 22.5 Å². The number of carbonyl (C=O) groups is 5. The highest BCUT2D eigenvalue weighted by atomic mass is 32.2. The third kappa shape index (κ3) is 13.4. The summed E-state index contributed by atoms with van der Waals surface area (Å²) in [5, 5.41) is 36.8. The molecule has 1 aliphatic rings. The molecule has 374 valence electrons. The summed E-state index contributed by atoms with van der Waals surface area (Å²) in [5.74, 6) is -3.85. The molecule has 21 nitrogen and oxygen atoms in total. The Bertz CT molecular complexity index is 2750. The molecule has 12 N–H and O–H groups in total. The van der Waals surface area contributed by atoms with Crippen molar-refractivity contribution in [3.8, 4) is 40.1 Å². The summed E-state index contributed by atoms with van der Waals surface area (Å²) in [7, 11) is -3.22. The van der Waals surface area contributed by atoms with E-state index in [1.165, 1.54) is 26.1 Å². The number of nitrogens with two attached hydrogens (primary N) is 3. The summed E-state index contributed by atoms with van der Waals surface area (Å²) in [6.45, 7) is 10.1. The zero-order chi connectivity index (χ0) is 51.7. The van der Waals surface area contributed by atoms with Gasteiger partial charge in [-0.15, -0.1) is 0 Å². The highest BCUT2D eigenvalue weighted by molar-refractivity contribution is 7.87. The zero-order valence-corrected chi connectivity index (χ0v) is 41.1. The number of nitriles is 1. The molecule has 0 aliphatic carbocycles. The van der Waals surface area contributed by atoms with Gasteiger partial charge in [-0.3, -0.25) is 24.0 Å². The Labute approximate surface area is 407 Å². The number of likely N-dealkylation sites (N-methyl/N-ethyl adjacent to an activating group) is 1. The molecule has 70 heavy (non-hydrogen) atoms. The lowest BCUT2D eigenvalue weighted by molar-refractivity contribution is -0.141. The lowest BCUT2D eigenvalue weighted by atomic mass is 9.86. The number of amides is 5. The average Bonchev–Trinajstić information content (AvgIpc) is 3.29. The van der Waals surface area contributed by atoms with Crippen molar-refractivity contribution in [2.45, 2.75) is 90.4 Å². The number of carbonyl (C=O) groups excluding carboxylic acids is 5. The van der Waals surface area contributed by atoms with E-state index in [1.807, 2.05) is 30.3 Å². The van der Waals surface area contributed by atoms with Gasteiger partial charge in [0.25, 0.3) is 16.1 Å². The summed E-state index contributed by atoms with van der Waals surface area (Å²) < 4.78 is 32.7. The largest absolute Gasteiger partial charge is 0.507 e. The molecule has 0 spiro atoms. The minimum absolute atomic E-state index is 0.00362. The number of aromatic nitrogens is 2. The van der Waals surface area contributed by atoms with Crippen LogP contribution in [0, 0.1) is 25.2 Å². The highest BCUT2D eigenvalue weighted by Gasteiger charge is 2.37. The minimum Gasteiger partial charge on any atom is -0.507 e. The molecule has 0 radical (unpaired) electrons. The number of aryl methyl sites for hydroxylation is 3. The molecule has 3 aromatic carbocycles. The van der Waals surface area contributed by atoms with Gasteiger partial charge in [0.05, 0.1) is 23.0 Å². The number of nitrogens with one attached hydrogen (secondary N) is 5. The number of nitrogens with zero attached hydrogens (tertiary/aromatic N) is 4. The fourth-order valence-electron chi connectivity index (χ4n) is 7.97. The van der Waals surface area contributed by atoms with Crippen molar-refractivity contribution in [2.75, 3.05) is 39.8 Å². The van der Waals surface area contributed by atoms with E-state index in [9.17, 15) is 42.8 Å². The SMILES string of the molecule is Cc1nc(-c2ccc(C(C)(C)C)cc2)nc(C)c1C(=O)NC(CNS(N)(=O)=O)C(=O)N(C)[C@@H]1C(=O)N[C@@H](C)C(=O)N[C@H](C(=O)NCC#N)Cc2ccc(OCCN)c(c2)-c2cc1cc(CCCN)c2O. The van der Waals surface area contributed by atoms with Crippen LogP contribution in [0.4, 0.5) is 0 Å². The first-order chi connectivity index (χ1) is 33.0. The van der Waals surface area contributed by atoms with Crippen LogP contribution in [0.5, 0.6) is 11.5 Å². The number of rotatable bonds is 16. The number of phenolic OH excluding ortho intramolecular Hbond substituents is 1. The van der Waals surface area contributed by atoms with Crippen LogP contribution in [0.2, 0.25) is 0 Å². The molecule has 5 amide bonds. The molecule has 22 heteroatoms. The monoisotopic (exact) mass is 982 g/mol. The number of hydrogen-bond acceptors (Lipinski definition) is 14. The quantitative estimate of drug-likeness (QED) is 0.0706. The van der Waals surface area contributed by atoms with Gasteiger partial charge in [-0.25, -0.2) is 15.1 Å². The van der Waals surface area contributed by atoms with Crippen LogP contribution in [0.3, 0.4) is 0 Å². The van der Waals surface area contributed by atoms with Crippen molar-refractivity contribution in [3.63, 3.8) is 0 Å². The lowest BCUT2D eigenvalue weighted by Crippen LogP contribution is -2.57.